The minimum atomic E-state index is -0.729. The maximum atomic E-state index is 14.5. The topological polar surface area (TPSA) is 90.0 Å². The van der Waals surface area contributed by atoms with Crippen LogP contribution in [-0.2, 0) is 14.3 Å². The van der Waals surface area contributed by atoms with Gasteiger partial charge in [-0.1, -0.05) is 82.2 Å². The van der Waals surface area contributed by atoms with E-state index in [-0.39, 0.29) is 29.8 Å². The molecule has 0 spiro atoms. The van der Waals surface area contributed by atoms with Gasteiger partial charge in [0.15, 0.2) is 0 Å². The van der Waals surface area contributed by atoms with Crippen LogP contribution in [0.2, 0.25) is 0 Å². The summed E-state index contributed by atoms with van der Waals surface area (Å²) in [5.74, 6) is 1.06. The van der Waals surface area contributed by atoms with Gasteiger partial charge < -0.3 is 24.4 Å². The second-order valence-corrected chi connectivity index (χ2v) is 14.3. The molecule has 49 heavy (non-hydrogen) atoms. The Bertz CT molecular complexity index is 1610. The first kappa shape index (κ1) is 36.1. The van der Waals surface area contributed by atoms with E-state index < -0.39 is 18.1 Å². The summed E-state index contributed by atoms with van der Waals surface area (Å²) in [7, 11) is 3.01. The minimum absolute atomic E-state index is 0.0398. The number of nitrogens with one attached hydrogen (secondary N) is 1. The number of rotatable bonds is 15. The lowest BCUT2D eigenvalue weighted by molar-refractivity contribution is -0.152. The number of carbonyl (C=O) groups is 2. The molecule has 1 N–H and O–H groups in total. The number of ether oxygens (including phenoxy) is 3. The molecule has 2 aliphatic rings. The van der Waals surface area contributed by atoms with Crippen molar-refractivity contribution in [1.82, 2.24) is 15.2 Å². The Hall–Kier alpha value is -4.17. The summed E-state index contributed by atoms with van der Waals surface area (Å²) in [5.41, 5.74) is 3.40. The van der Waals surface area contributed by atoms with Gasteiger partial charge in [-0.25, -0.2) is 9.78 Å². The van der Waals surface area contributed by atoms with Crippen LogP contribution in [0.25, 0.3) is 28.2 Å². The molecule has 0 unspecified atom stereocenters. The summed E-state index contributed by atoms with van der Waals surface area (Å²) in [5, 5.41) is 4.46. The number of likely N-dealkylation sites (tertiary alicyclic amines) is 1. The van der Waals surface area contributed by atoms with Crippen LogP contribution in [0.15, 0.2) is 67.8 Å². The van der Waals surface area contributed by atoms with Crippen LogP contribution in [-0.4, -0.2) is 67.3 Å². The first-order valence-electron chi connectivity index (χ1n) is 17.8. The van der Waals surface area contributed by atoms with Gasteiger partial charge in [0.2, 0.25) is 5.91 Å². The van der Waals surface area contributed by atoms with Crippen molar-refractivity contribution in [2.24, 2.45) is 11.3 Å². The predicted octanol–water partition coefficient (Wildman–Crippen LogP) is 8.00. The standard InChI is InChI=1S/C41H53N3O5/c1-7-20-41(3,4)21-15-22-42-38(30-18-13-10-14-19-30)39(45)44-27-31(24-35(44)40(46)48-6)49-37-25-33(29-16-11-9-12-17-29)43-34-26-36(47-5)28(8-2)23-32(34)37/h7-9,11-12,16-17,23,25-26,30-31,35,38,42H,1-2,10,13-15,18-22,24,27H2,3-6H3/t31-,35+,38+/m1/s1. The number of esters is 1. The number of carbonyl (C=O) groups excluding carboxylic acids is 2. The lowest BCUT2D eigenvalue weighted by Gasteiger charge is -2.34. The minimum Gasteiger partial charge on any atom is -0.496 e. The van der Waals surface area contributed by atoms with Crippen molar-refractivity contribution >= 4 is 28.9 Å². The van der Waals surface area contributed by atoms with E-state index in [1.165, 1.54) is 13.5 Å². The van der Waals surface area contributed by atoms with Crippen molar-refractivity contribution in [3.05, 3.63) is 73.3 Å². The largest absolute Gasteiger partial charge is 0.496 e. The molecule has 1 amide bonds. The summed E-state index contributed by atoms with van der Waals surface area (Å²) < 4.78 is 17.7. The van der Waals surface area contributed by atoms with Gasteiger partial charge in [0.05, 0.1) is 38.0 Å². The van der Waals surface area contributed by atoms with Gasteiger partial charge in [-0.2, -0.15) is 0 Å². The lowest BCUT2D eigenvalue weighted by atomic mass is 9.82. The Morgan fingerprint density at radius 3 is 2.49 bits per heavy atom. The van der Waals surface area contributed by atoms with E-state index in [1.807, 2.05) is 54.6 Å². The van der Waals surface area contributed by atoms with Crippen LogP contribution in [0, 0.1) is 11.3 Å². The fraction of sp³-hybridized carbons (Fsp3) is 0.488. The molecule has 1 saturated heterocycles. The van der Waals surface area contributed by atoms with Gasteiger partial charge in [0.1, 0.15) is 23.6 Å². The van der Waals surface area contributed by atoms with Crippen molar-refractivity contribution in [1.29, 1.82) is 0 Å². The van der Waals surface area contributed by atoms with E-state index in [9.17, 15) is 9.59 Å². The lowest BCUT2D eigenvalue weighted by Crippen LogP contribution is -2.54. The maximum absolute atomic E-state index is 14.5. The van der Waals surface area contributed by atoms with Crippen LogP contribution in [0.5, 0.6) is 11.5 Å². The molecule has 2 aromatic carbocycles. The molecule has 1 aliphatic carbocycles. The number of benzene rings is 2. The highest BCUT2D eigenvalue weighted by Gasteiger charge is 2.45. The Morgan fingerprint density at radius 2 is 1.82 bits per heavy atom. The number of allylic oxidation sites excluding steroid dienone is 1. The van der Waals surface area contributed by atoms with E-state index in [2.05, 4.69) is 32.3 Å². The molecule has 1 aromatic heterocycles. The molecule has 0 radical (unpaired) electrons. The smallest absolute Gasteiger partial charge is 0.328 e. The average molecular weight is 668 g/mol. The average Bonchev–Trinajstić information content (AvgIpc) is 3.54. The third kappa shape index (κ3) is 8.71. The molecule has 2 heterocycles. The van der Waals surface area contributed by atoms with E-state index >= 15 is 0 Å². The molecule has 2 fully saturated rings. The quantitative estimate of drug-likeness (QED) is 0.0998. The number of hydrogen-bond donors (Lipinski definition) is 1. The normalized spacial score (nSPS) is 19.0. The zero-order valence-corrected chi connectivity index (χ0v) is 29.7. The number of methoxy groups -OCH3 is 2. The second kappa shape index (κ2) is 16.5. The van der Waals surface area contributed by atoms with Crippen LogP contribution in [0.4, 0.5) is 0 Å². The summed E-state index contributed by atoms with van der Waals surface area (Å²) in [6, 6.07) is 14.7. The summed E-state index contributed by atoms with van der Waals surface area (Å²) in [6.07, 6.45) is 12.0. The number of aromatic nitrogens is 1. The molecule has 1 aliphatic heterocycles. The highest BCUT2D eigenvalue weighted by Crippen LogP contribution is 2.37. The maximum Gasteiger partial charge on any atom is 0.328 e. The van der Waals surface area contributed by atoms with Crippen molar-refractivity contribution in [2.75, 3.05) is 27.3 Å². The van der Waals surface area contributed by atoms with Crippen LogP contribution < -0.4 is 14.8 Å². The molecular weight excluding hydrogens is 614 g/mol. The molecule has 3 aromatic rings. The Kier molecular flexibility index (Phi) is 12.2. The van der Waals surface area contributed by atoms with E-state index in [0.717, 1.165) is 73.7 Å². The van der Waals surface area contributed by atoms with E-state index in [4.69, 9.17) is 19.2 Å². The third-order valence-corrected chi connectivity index (χ3v) is 10.2. The molecule has 0 bridgehead atoms. The molecular formula is C41H53N3O5. The van der Waals surface area contributed by atoms with E-state index in [0.29, 0.717) is 23.4 Å². The summed E-state index contributed by atoms with van der Waals surface area (Å²) >= 11 is 0. The van der Waals surface area contributed by atoms with Gasteiger partial charge in [-0.05, 0) is 56.0 Å². The summed E-state index contributed by atoms with van der Waals surface area (Å²) in [4.78, 5) is 34.4. The number of pyridine rings is 1. The first-order chi connectivity index (χ1) is 23.7. The SMILES string of the molecule is C=CCC(C)(C)CCCN[C@H](C(=O)N1C[C@H](Oc2cc(-c3ccccc3)nc3cc(OC)c(C=C)cc23)C[C@H]1C(=O)OC)C1CCCCC1. The predicted molar refractivity (Wildman–Crippen MR) is 197 cm³/mol. The monoisotopic (exact) mass is 667 g/mol. The highest BCUT2D eigenvalue weighted by molar-refractivity contribution is 5.92. The molecule has 262 valence electrons. The van der Waals surface area contributed by atoms with Crippen molar-refractivity contribution in [3.8, 4) is 22.8 Å². The fourth-order valence-electron chi connectivity index (χ4n) is 7.51. The molecule has 8 nitrogen and oxygen atoms in total. The second-order valence-electron chi connectivity index (χ2n) is 14.3. The number of fused-ring (bicyclic) bond motifs is 1. The number of hydrogen-bond acceptors (Lipinski definition) is 7. The molecule has 3 atom stereocenters. The van der Waals surface area contributed by atoms with E-state index in [1.54, 1.807) is 18.1 Å². The fourth-order valence-corrected chi connectivity index (χ4v) is 7.51. The molecule has 1 saturated carbocycles. The first-order valence-corrected chi connectivity index (χ1v) is 17.8. The number of amides is 1. The van der Waals surface area contributed by atoms with Gasteiger partial charge >= 0.3 is 5.97 Å². The highest BCUT2D eigenvalue weighted by atomic mass is 16.5. The Morgan fingerprint density at radius 1 is 1.06 bits per heavy atom. The van der Waals surface area contributed by atoms with Gasteiger partial charge in [-0.3, -0.25) is 4.79 Å². The Labute approximate surface area is 291 Å². The third-order valence-electron chi connectivity index (χ3n) is 10.2. The Balaban J connectivity index is 1.43. The van der Waals surface area contributed by atoms with Crippen molar-refractivity contribution in [3.63, 3.8) is 0 Å². The summed E-state index contributed by atoms with van der Waals surface area (Å²) in [6.45, 7) is 13.4. The zero-order chi connectivity index (χ0) is 35.0. The van der Waals surface area contributed by atoms with Gasteiger partial charge in [0, 0.05) is 35.1 Å². The molecule has 5 rings (SSSR count). The van der Waals surface area contributed by atoms with Gasteiger partial charge in [0.25, 0.3) is 0 Å². The zero-order valence-electron chi connectivity index (χ0n) is 29.7. The van der Waals surface area contributed by atoms with Crippen LogP contribution >= 0.6 is 0 Å². The van der Waals surface area contributed by atoms with Crippen molar-refractivity contribution in [2.45, 2.75) is 89.8 Å². The van der Waals surface area contributed by atoms with Crippen molar-refractivity contribution < 1.29 is 23.8 Å². The molecule has 8 heteroatoms. The van der Waals surface area contributed by atoms with Crippen LogP contribution in [0.1, 0.15) is 77.2 Å². The van der Waals surface area contributed by atoms with Gasteiger partial charge in [-0.15, -0.1) is 6.58 Å². The van der Waals surface area contributed by atoms with Crippen LogP contribution in [0.3, 0.4) is 0 Å². The number of nitrogens with zero attached hydrogens (tertiary/aromatic N) is 2.